The maximum Gasteiger partial charge on any atom is 0.220 e. The van der Waals surface area contributed by atoms with Gasteiger partial charge in [0.2, 0.25) is 5.91 Å². The Balaban J connectivity index is 2.02. The highest BCUT2D eigenvalue weighted by Crippen LogP contribution is 2.23. The number of nitrogens with one attached hydrogen (secondary N) is 1. The molecule has 0 saturated carbocycles. The summed E-state index contributed by atoms with van der Waals surface area (Å²) in [6.45, 7) is 3.64. The van der Waals surface area contributed by atoms with Crippen LogP contribution in [0.1, 0.15) is 277 Å². The van der Waals surface area contributed by atoms with Crippen molar-refractivity contribution in [2.75, 3.05) is 13.2 Å². The van der Waals surface area contributed by atoms with Gasteiger partial charge in [0.05, 0.1) is 25.4 Å². The van der Waals surface area contributed by atoms with Crippen molar-refractivity contribution in [2.24, 2.45) is 0 Å². The van der Waals surface area contributed by atoms with Gasteiger partial charge in [-0.25, -0.2) is 0 Å². The molecular weight excluding hydrogens is 899 g/mol. The van der Waals surface area contributed by atoms with Gasteiger partial charge >= 0.3 is 0 Å². The minimum absolute atomic E-state index is 0.192. The van der Waals surface area contributed by atoms with E-state index in [1.165, 1.54) is 199 Å². The van der Waals surface area contributed by atoms with Crippen LogP contribution < -0.4 is 5.32 Å². The van der Waals surface area contributed by atoms with Gasteiger partial charge in [0.25, 0.3) is 0 Å². The molecule has 0 aliphatic carbocycles. The monoisotopic (exact) mass is 1010 g/mol. The van der Waals surface area contributed by atoms with Crippen LogP contribution in [0.15, 0.2) is 60.8 Å². The molecule has 7 atom stereocenters. The zero-order valence-electron chi connectivity index (χ0n) is 46.7. The lowest BCUT2D eigenvalue weighted by Crippen LogP contribution is -2.60. The van der Waals surface area contributed by atoms with Crippen LogP contribution in [0.25, 0.3) is 0 Å². The van der Waals surface area contributed by atoms with Crippen molar-refractivity contribution in [3.05, 3.63) is 60.8 Å². The van der Waals surface area contributed by atoms with Crippen molar-refractivity contribution in [3.63, 3.8) is 0 Å². The molecule has 1 heterocycles. The maximum atomic E-state index is 13.0. The highest BCUT2D eigenvalue weighted by Gasteiger charge is 2.44. The van der Waals surface area contributed by atoms with Gasteiger partial charge in [-0.05, 0) is 70.6 Å². The summed E-state index contributed by atoms with van der Waals surface area (Å²) in [5.41, 5.74) is 0. The second-order valence-electron chi connectivity index (χ2n) is 21.1. The van der Waals surface area contributed by atoms with Crippen LogP contribution in [0.2, 0.25) is 0 Å². The number of carbonyl (C=O) groups excluding carboxylic acids is 1. The number of rotatable bonds is 52. The molecule has 6 N–H and O–H groups in total. The van der Waals surface area contributed by atoms with E-state index >= 15 is 0 Å². The zero-order valence-corrected chi connectivity index (χ0v) is 46.7. The molecule has 1 aliphatic rings. The summed E-state index contributed by atoms with van der Waals surface area (Å²) in [6.07, 6.45) is 65.0. The van der Waals surface area contributed by atoms with Crippen LogP contribution in [-0.4, -0.2) is 87.5 Å². The lowest BCUT2D eigenvalue weighted by molar-refractivity contribution is -0.302. The Morgan fingerprint density at radius 3 is 1.31 bits per heavy atom. The third-order valence-electron chi connectivity index (χ3n) is 14.3. The van der Waals surface area contributed by atoms with E-state index in [0.29, 0.717) is 6.42 Å². The summed E-state index contributed by atoms with van der Waals surface area (Å²) in [7, 11) is 0. The first-order valence-electron chi connectivity index (χ1n) is 30.5. The molecule has 9 heteroatoms. The number of carbonyl (C=O) groups is 1. The average Bonchev–Trinajstić information content (AvgIpc) is 3.38. The van der Waals surface area contributed by atoms with E-state index in [1.54, 1.807) is 6.08 Å². The van der Waals surface area contributed by atoms with Crippen molar-refractivity contribution < 1.29 is 39.8 Å². The van der Waals surface area contributed by atoms with Crippen LogP contribution >= 0.6 is 0 Å². The molecule has 420 valence electrons. The van der Waals surface area contributed by atoms with E-state index in [1.807, 2.05) is 6.08 Å². The molecule has 1 rings (SSSR count). The van der Waals surface area contributed by atoms with Crippen LogP contribution in [-0.2, 0) is 14.3 Å². The van der Waals surface area contributed by atoms with Crippen molar-refractivity contribution in [2.45, 2.75) is 320 Å². The van der Waals surface area contributed by atoms with Crippen molar-refractivity contribution in [1.29, 1.82) is 0 Å². The number of allylic oxidation sites excluding steroid dienone is 9. The number of hydrogen-bond acceptors (Lipinski definition) is 8. The molecule has 0 aromatic heterocycles. The van der Waals surface area contributed by atoms with Crippen molar-refractivity contribution in [1.82, 2.24) is 5.32 Å². The van der Waals surface area contributed by atoms with Gasteiger partial charge in [-0.1, -0.05) is 261 Å². The highest BCUT2D eigenvalue weighted by molar-refractivity contribution is 5.76. The Morgan fingerprint density at radius 1 is 0.486 bits per heavy atom. The third kappa shape index (κ3) is 41.2. The van der Waals surface area contributed by atoms with E-state index in [9.17, 15) is 30.3 Å². The third-order valence-corrected chi connectivity index (χ3v) is 14.3. The smallest absolute Gasteiger partial charge is 0.220 e. The lowest BCUT2D eigenvalue weighted by Gasteiger charge is -2.40. The van der Waals surface area contributed by atoms with Crippen molar-refractivity contribution in [3.8, 4) is 0 Å². The summed E-state index contributed by atoms with van der Waals surface area (Å²) in [4.78, 5) is 13.0. The Labute approximate surface area is 443 Å². The number of aliphatic hydroxyl groups excluding tert-OH is 5. The van der Waals surface area contributed by atoms with E-state index in [0.717, 1.165) is 57.8 Å². The van der Waals surface area contributed by atoms with Gasteiger partial charge in [0.15, 0.2) is 6.29 Å². The number of aliphatic hydroxyl groups is 5. The van der Waals surface area contributed by atoms with Gasteiger partial charge in [-0.2, -0.15) is 0 Å². The van der Waals surface area contributed by atoms with Crippen LogP contribution in [0.3, 0.4) is 0 Å². The minimum atomic E-state index is -1.57. The second-order valence-corrected chi connectivity index (χ2v) is 21.1. The molecule has 0 aromatic rings. The number of hydrogen-bond donors (Lipinski definition) is 6. The molecule has 1 saturated heterocycles. The predicted octanol–water partition coefficient (Wildman–Crippen LogP) is 15.5. The Morgan fingerprint density at radius 2 is 0.875 bits per heavy atom. The van der Waals surface area contributed by atoms with E-state index in [-0.39, 0.29) is 12.5 Å². The predicted molar refractivity (Wildman–Crippen MR) is 304 cm³/mol. The fourth-order valence-electron chi connectivity index (χ4n) is 9.52. The molecule has 1 aliphatic heterocycles. The first-order chi connectivity index (χ1) is 35.3. The topological polar surface area (TPSA) is 149 Å². The number of ether oxygens (including phenoxy) is 2. The number of unbranched alkanes of at least 4 members (excludes halogenated alkanes) is 34. The molecule has 7 unspecified atom stereocenters. The summed E-state index contributed by atoms with van der Waals surface area (Å²) in [5.74, 6) is -0.192. The molecule has 9 nitrogen and oxygen atoms in total. The molecule has 0 aromatic carbocycles. The van der Waals surface area contributed by atoms with Gasteiger partial charge in [-0.15, -0.1) is 0 Å². The molecule has 1 amide bonds. The van der Waals surface area contributed by atoms with Crippen LogP contribution in [0, 0.1) is 0 Å². The molecule has 72 heavy (non-hydrogen) atoms. The van der Waals surface area contributed by atoms with Crippen molar-refractivity contribution >= 4 is 5.91 Å². The summed E-state index contributed by atoms with van der Waals surface area (Å²) in [6, 6.07) is -0.828. The fraction of sp³-hybridized carbons (Fsp3) is 0.825. The highest BCUT2D eigenvalue weighted by atomic mass is 16.7. The van der Waals surface area contributed by atoms with Gasteiger partial charge in [0, 0.05) is 6.42 Å². The normalized spacial score (nSPS) is 19.6. The Kier molecular flexibility index (Phi) is 49.4. The first-order valence-corrected chi connectivity index (χ1v) is 30.5. The average molecular weight is 1010 g/mol. The molecule has 1 fully saturated rings. The molecule has 0 spiro atoms. The quantitative estimate of drug-likeness (QED) is 0.0261. The van der Waals surface area contributed by atoms with E-state index in [4.69, 9.17) is 9.47 Å². The summed E-state index contributed by atoms with van der Waals surface area (Å²) in [5, 5.41) is 54.2. The van der Waals surface area contributed by atoms with E-state index < -0.39 is 49.5 Å². The van der Waals surface area contributed by atoms with Gasteiger partial charge in [-0.3, -0.25) is 4.79 Å². The standard InChI is InChI=1S/C63H115NO8/c1-3-5-7-9-11-13-15-16-17-18-19-20-21-22-23-24-25-26-27-28-29-30-31-32-33-34-35-36-37-38-39-40-41-42-43-45-47-49-51-53-59(67)64-56(55-71-63-62(70)61(69)60(68)58(54-65)72-63)57(66)52-50-48-46-44-14-12-10-8-6-4-2/h6,8,14,25-26,28-29,44,50,52,56-58,60-63,65-66,68-70H,3-5,7,9-13,15-24,27,30-43,45-49,51,53-55H2,1-2H3,(H,64,67)/b8-6+,26-25-,29-28-,44-14+,52-50+. The molecular formula is C63H115NO8. The minimum Gasteiger partial charge on any atom is -0.394 e. The fourth-order valence-corrected chi connectivity index (χ4v) is 9.52. The zero-order chi connectivity index (χ0) is 52.2. The maximum absolute atomic E-state index is 13.0. The summed E-state index contributed by atoms with van der Waals surface area (Å²) >= 11 is 0. The number of amides is 1. The van der Waals surface area contributed by atoms with E-state index in [2.05, 4.69) is 67.8 Å². The largest absolute Gasteiger partial charge is 0.394 e. The first kappa shape index (κ1) is 67.9. The van der Waals surface area contributed by atoms with Gasteiger partial charge < -0.3 is 40.3 Å². The second kappa shape index (κ2) is 52.3. The SMILES string of the molecule is CC/C=C/CC/C=C/CC/C=C/C(O)C(COC1OC(CO)C(O)C(O)C1O)NC(=O)CCCCCCCCCCCCCCCCCCC/C=C\C/C=C\CCCCCCCCCCCCCCCCC. The van der Waals surface area contributed by atoms with Gasteiger partial charge in [0.1, 0.15) is 24.4 Å². The van der Waals surface area contributed by atoms with Crippen LogP contribution in [0.4, 0.5) is 0 Å². The molecule has 0 radical (unpaired) electrons. The van der Waals surface area contributed by atoms with Crippen LogP contribution in [0.5, 0.6) is 0 Å². The Bertz CT molecular complexity index is 1310. The summed E-state index contributed by atoms with van der Waals surface area (Å²) < 4.78 is 11.2. The Hall–Kier alpha value is -2.11. The lowest BCUT2D eigenvalue weighted by atomic mass is 9.99. The molecule has 0 bridgehead atoms.